The lowest BCUT2D eigenvalue weighted by atomic mass is 10.1. The molecule has 1 aromatic carbocycles. The van der Waals surface area contributed by atoms with Gasteiger partial charge in [-0.15, -0.1) is 0 Å². The summed E-state index contributed by atoms with van der Waals surface area (Å²) in [5, 5.41) is 0. The van der Waals surface area contributed by atoms with Crippen molar-refractivity contribution in [2.45, 2.75) is 18.4 Å². The smallest absolute Gasteiger partial charge is 0.316 e. The van der Waals surface area contributed by atoms with Crippen molar-refractivity contribution in [3.63, 3.8) is 0 Å². The Morgan fingerprint density at radius 3 is 2.26 bits per heavy atom. The third kappa shape index (κ3) is 2.00. The van der Waals surface area contributed by atoms with Gasteiger partial charge in [0.15, 0.2) is 0 Å². The van der Waals surface area contributed by atoms with Gasteiger partial charge in [-0.05, 0) is 30.5 Å². The molecule has 3 rings (SSSR count). The predicted octanol–water partition coefficient (Wildman–Crippen LogP) is 0.439. The Kier molecular flexibility index (Phi) is 2.60. The number of nitrogens with zero attached hydrogens (tertiary/aromatic N) is 2. The van der Waals surface area contributed by atoms with E-state index in [0.29, 0.717) is 13.1 Å². The van der Waals surface area contributed by atoms with Gasteiger partial charge >= 0.3 is 11.8 Å². The van der Waals surface area contributed by atoms with Gasteiger partial charge in [0.2, 0.25) is 0 Å². The minimum Gasteiger partial charge on any atom is -0.336 e. The van der Waals surface area contributed by atoms with Gasteiger partial charge in [-0.1, -0.05) is 12.1 Å². The van der Waals surface area contributed by atoms with Gasteiger partial charge in [-0.2, -0.15) is 0 Å². The molecule has 1 aromatic rings. The van der Waals surface area contributed by atoms with Crippen LogP contribution < -0.4 is 10.6 Å². The lowest BCUT2D eigenvalue weighted by molar-refractivity contribution is -0.145. The van der Waals surface area contributed by atoms with Gasteiger partial charge in [0.05, 0.1) is 0 Å². The first-order valence-electron chi connectivity index (χ1n) is 6.48. The Labute approximate surface area is 112 Å². The first-order valence-corrected chi connectivity index (χ1v) is 6.48. The summed E-state index contributed by atoms with van der Waals surface area (Å²) in [4.78, 5) is 26.6. The highest BCUT2D eigenvalue weighted by Crippen LogP contribution is 2.42. The Hall–Kier alpha value is -1.88. The number of carbonyl (C=O) groups is 2. The highest BCUT2D eigenvalue weighted by molar-refractivity contribution is 6.40. The quantitative estimate of drug-likeness (QED) is 0.784. The van der Waals surface area contributed by atoms with Gasteiger partial charge in [0, 0.05) is 31.4 Å². The average Bonchev–Trinajstić information content (AvgIpc) is 3.16. The predicted molar refractivity (Wildman–Crippen MR) is 71.5 cm³/mol. The Balaban J connectivity index is 1.82. The third-order valence-electron chi connectivity index (χ3n) is 3.98. The van der Waals surface area contributed by atoms with E-state index in [1.54, 1.807) is 7.05 Å². The second-order valence-electron chi connectivity index (χ2n) is 5.39. The molecule has 1 saturated carbocycles. The molecule has 19 heavy (non-hydrogen) atoms. The van der Waals surface area contributed by atoms with Crippen LogP contribution in [-0.4, -0.2) is 36.9 Å². The minimum absolute atomic E-state index is 0.166. The molecule has 0 spiro atoms. The molecular formula is C14H17N3O2. The van der Waals surface area contributed by atoms with Crippen LogP contribution in [0.4, 0.5) is 5.69 Å². The first-order chi connectivity index (χ1) is 9.01. The number of likely N-dealkylation sites (N-methyl/N-ethyl adjacent to an activating group) is 1. The number of carbonyl (C=O) groups excluding carboxylic acids is 2. The van der Waals surface area contributed by atoms with Gasteiger partial charge in [-0.3, -0.25) is 9.59 Å². The topological polar surface area (TPSA) is 66.6 Å². The van der Waals surface area contributed by atoms with E-state index in [0.717, 1.165) is 24.1 Å². The van der Waals surface area contributed by atoms with Crippen molar-refractivity contribution >= 4 is 17.5 Å². The van der Waals surface area contributed by atoms with Crippen molar-refractivity contribution in [2.24, 2.45) is 5.73 Å². The molecule has 2 fully saturated rings. The molecule has 0 atom stereocenters. The fraction of sp³-hybridized carbons (Fsp3) is 0.429. The zero-order valence-electron chi connectivity index (χ0n) is 10.9. The zero-order chi connectivity index (χ0) is 13.6. The maximum absolute atomic E-state index is 11.9. The van der Waals surface area contributed by atoms with E-state index in [1.807, 2.05) is 24.3 Å². The number of anilines is 1. The van der Waals surface area contributed by atoms with Crippen LogP contribution in [0.15, 0.2) is 24.3 Å². The standard InChI is InChI=1S/C14H17N3O2/c1-16-8-9-17(13(19)12(16)18)11-4-2-10(3-5-11)14(15)6-7-14/h2-5H,6-9,15H2,1H3. The number of hydrogen-bond donors (Lipinski definition) is 1. The van der Waals surface area contributed by atoms with Crippen molar-refractivity contribution < 1.29 is 9.59 Å². The van der Waals surface area contributed by atoms with Crippen LogP contribution in [-0.2, 0) is 15.1 Å². The monoisotopic (exact) mass is 259 g/mol. The van der Waals surface area contributed by atoms with E-state index < -0.39 is 11.8 Å². The Morgan fingerprint density at radius 1 is 1.05 bits per heavy atom. The van der Waals surface area contributed by atoms with Crippen LogP contribution in [0.2, 0.25) is 0 Å². The summed E-state index contributed by atoms with van der Waals surface area (Å²) in [6, 6.07) is 7.66. The van der Waals surface area contributed by atoms with Crippen LogP contribution in [0.3, 0.4) is 0 Å². The molecule has 0 aromatic heterocycles. The van der Waals surface area contributed by atoms with Gasteiger partial charge in [-0.25, -0.2) is 0 Å². The van der Waals surface area contributed by atoms with E-state index in [9.17, 15) is 9.59 Å². The number of piperazine rings is 1. The number of hydrogen-bond acceptors (Lipinski definition) is 3. The summed E-state index contributed by atoms with van der Waals surface area (Å²) < 4.78 is 0. The Bertz CT molecular complexity index is 534. The molecule has 5 heteroatoms. The molecule has 2 amide bonds. The van der Waals surface area contributed by atoms with Crippen LogP contribution in [0.5, 0.6) is 0 Å². The molecule has 0 unspecified atom stereocenters. The van der Waals surface area contributed by atoms with Crippen molar-refractivity contribution in [3.05, 3.63) is 29.8 Å². The van der Waals surface area contributed by atoms with E-state index in [2.05, 4.69) is 0 Å². The third-order valence-corrected chi connectivity index (χ3v) is 3.98. The highest BCUT2D eigenvalue weighted by Gasteiger charge is 2.40. The molecule has 0 bridgehead atoms. The van der Waals surface area contributed by atoms with E-state index in [4.69, 9.17) is 5.73 Å². The SMILES string of the molecule is CN1CCN(c2ccc(C3(N)CC3)cc2)C(=O)C1=O. The molecule has 100 valence electrons. The fourth-order valence-corrected chi connectivity index (χ4v) is 2.37. The van der Waals surface area contributed by atoms with Crippen LogP contribution in [0, 0.1) is 0 Å². The molecular weight excluding hydrogens is 242 g/mol. The molecule has 1 aliphatic heterocycles. The van der Waals surface area contributed by atoms with Crippen LogP contribution in [0.1, 0.15) is 18.4 Å². The summed E-state index contributed by atoms with van der Waals surface area (Å²) in [6.45, 7) is 1.10. The van der Waals surface area contributed by atoms with Crippen molar-refractivity contribution in [3.8, 4) is 0 Å². The number of amides is 2. The summed E-state index contributed by atoms with van der Waals surface area (Å²) in [7, 11) is 1.64. The molecule has 2 N–H and O–H groups in total. The maximum Gasteiger partial charge on any atom is 0.316 e. The number of benzene rings is 1. The molecule has 1 aliphatic carbocycles. The zero-order valence-corrected chi connectivity index (χ0v) is 10.9. The second kappa shape index (κ2) is 4.06. The molecule has 2 aliphatic rings. The van der Waals surface area contributed by atoms with Gasteiger partial charge in [0.25, 0.3) is 0 Å². The summed E-state index contributed by atoms with van der Waals surface area (Å²) in [5.41, 5.74) is 7.82. The molecule has 0 radical (unpaired) electrons. The maximum atomic E-state index is 11.9. The summed E-state index contributed by atoms with van der Waals surface area (Å²) >= 11 is 0. The summed E-state index contributed by atoms with van der Waals surface area (Å²) in [6.07, 6.45) is 2.02. The lowest BCUT2D eigenvalue weighted by Crippen LogP contribution is -2.53. The van der Waals surface area contributed by atoms with Gasteiger partial charge < -0.3 is 15.5 Å². The van der Waals surface area contributed by atoms with Crippen LogP contribution in [0.25, 0.3) is 0 Å². The van der Waals surface area contributed by atoms with Crippen molar-refractivity contribution in [1.82, 2.24) is 4.90 Å². The largest absolute Gasteiger partial charge is 0.336 e. The summed E-state index contributed by atoms with van der Waals surface area (Å²) in [5.74, 6) is -0.914. The van der Waals surface area contributed by atoms with Gasteiger partial charge in [0.1, 0.15) is 0 Å². The average molecular weight is 259 g/mol. The fourth-order valence-electron chi connectivity index (χ4n) is 2.37. The molecule has 5 nitrogen and oxygen atoms in total. The van der Waals surface area contributed by atoms with E-state index >= 15 is 0 Å². The molecule has 1 heterocycles. The van der Waals surface area contributed by atoms with E-state index in [1.165, 1.54) is 9.80 Å². The number of nitrogens with two attached hydrogens (primary N) is 1. The van der Waals surface area contributed by atoms with Crippen molar-refractivity contribution in [2.75, 3.05) is 25.0 Å². The minimum atomic E-state index is -0.463. The lowest BCUT2D eigenvalue weighted by Gasteiger charge is -2.31. The molecule has 1 saturated heterocycles. The normalized spacial score (nSPS) is 21.8. The van der Waals surface area contributed by atoms with Crippen LogP contribution >= 0.6 is 0 Å². The number of rotatable bonds is 2. The van der Waals surface area contributed by atoms with E-state index in [-0.39, 0.29) is 5.54 Å². The second-order valence-corrected chi connectivity index (χ2v) is 5.39. The highest BCUT2D eigenvalue weighted by atomic mass is 16.2. The Morgan fingerprint density at radius 2 is 1.68 bits per heavy atom. The first kappa shape index (κ1) is 12.2. The van der Waals surface area contributed by atoms with Crippen molar-refractivity contribution in [1.29, 1.82) is 0 Å².